The van der Waals surface area contributed by atoms with Crippen LogP contribution in [0.2, 0.25) is 0 Å². The molecule has 3 aliphatic carbocycles. The lowest BCUT2D eigenvalue weighted by molar-refractivity contribution is 0.0109. The Hall–Kier alpha value is -5.60. The Morgan fingerprint density at radius 2 is 0.804 bits per heavy atom. The highest BCUT2D eigenvalue weighted by atomic mass is 16.5. The van der Waals surface area contributed by atoms with Crippen LogP contribution in [0.5, 0.6) is 11.5 Å². The molecule has 0 fully saturated rings. The first kappa shape index (κ1) is 83.7. The van der Waals surface area contributed by atoms with E-state index in [1.165, 1.54) is 210 Å². The summed E-state index contributed by atoms with van der Waals surface area (Å²) in [5, 5.41) is 0. The van der Waals surface area contributed by atoms with Crippen molar-refractivity contribution in [2.45, 2.75) is 373 Å². The number of rotatable bonds is 18. The van der Waals surface area contributed by atoms with Gasteiger partial charge in [0, 0.05) is 40.4 Å². The van der Waals surface area contributed by atoms with E-state index in [1.54, 1.807) is 27.8 Å². The van der Waals surface area contributed by atoms with Gasteiger partial charge in [0.25, 0.3) is 0 Å². The summed E-state index contributed by atoms with van der Waals surface area (Å²) in [7, 11) is 0. The summed E-state index contributed by atoms with van der Waals surface area (Å²) in [6.45, 7) is 73.0. The predicted molar refractivity (Wildman–Crippen MR) is 450 cm³/mol. The van der Waals surface area contributed by atoms with E-state index < -0.39 is 0 Å². The third kappa shape index (κ3) is 20.9. The fourth-order valence-corrected chi connectivity index (χ4v) is 17.9. The highest BCUT2D eigenvalue weighted by Gasteiger charge is 2.46. The molecule has 2 nitrogen and oxygen atoms in total. The average molecular weight is 1380 g/mol. The third-order valence-electron chi connectivity index (χ3n) is 23.5. The Morgan fingerprint density at radius 3 is 1.22 bits per heavy atom. The van der Waals surface area contributed by atoms with Gasteiger partial charge in [-0.25, -0.2) is 0 Å². The van der Waals surface area contributed by atoms with Crippen molar-refractivity contribution in [1.29, 1.82) is 0 Å². The van der Waals surface area contributed by atoms with Crippen LogP contribution in [-0.4, -0.2) is 5.60 Å². The van der Waals surface area contributed by atoms with Gasteiger partial charge in [0.05, 0.1) is 0 Å². The maximum atomic E-state index is 6.68. The van der Waals surface area contributed by atoms with Gasteiger partial charge in [-0.2, -0.15) is 0 Å². The number of unbranched alkanes of at least 4 members (excludes halogenated alkanes) is 6. The van der Waals surface area contributed by atoms with Gasteiger partial charge >= 0.3 is 0 Å². The Labute approximate surface area is 628 Å². The van der Waals surface area contributed by atoms with Gasteiger partial charge in [-0.3, -0.25) is 0 Å². The van der Waals surface area contributed by atoms with E-state index in [-0.39, 0.29) is 32.9 Å². The zero-order chi connectivity index (χ0) is 75.8. The first-order valence-electron chi connectivity index (χ1n) is 41.0. The van der Waals surface area contributed by atoms with Crippen molar-refractivity contribution in [3.63, 3.8) is 0 Å². The second-order valence-electron chi connectivity index (χ2n) is 38.1. The van der Waals surface area contributed by atoms with Crippen LogP contribution in [0, 0.1) is 38.5 Å². The molecule has 10 rings (SSSR count). The molecule has 2 aliphatic heterocycles. The minimum absolute atomic E-state index is 0.0801. The van der Waals surface area contributed by atoms with Crippen molar-refractivity contribution in [2.75, 3.05) is 0 Å². The molecule has 0 aromatic heterocycles. The van der Waals surface area contributed by atoms with E-state index in [9.17, 15) is 0 Å². The van der Waals surface area contributed by atoms with Crippen LogP contribution >= 0.6 is 0 Å². The van der Waals surface area contributed by atoms with Crippen molar-refractivity contribution in [3.8, 4) is 22.6 Å². The molecule has 0 spiro atoms. The van der Waals surface area contributed by atoms with E-state index in [0.29, 0.717) is 35.5 Å². The monoisotopic (exact) mass is 1380 g/mol. The highest BCUT2D eigenvalue weighted by molar-refractivity contribution is 5.81. The van der Waals surface area contributed by atoms with Crippen LogP contribution in [0.3, 0.4) is 0 Å². The van der Waals surface area contributed by atoms with Gasteiger partial charge in [-0.05, 0) is 285 Å². The average Bonchev–Trinajstić information content (AvgIpc) is 0.742. The van der Waals surface area contributed by atoms with Gasteiger partial charge in [0.2, 0.25) is 0 Å². The summed E-state index contributed by atoms with van der Waals surface area (Å²) in [6.07, 6.45) is 32.4. The first-order valence-corrected chi connectivity index (χ1v) is 41.0. The molecule has 2 heteroatoms. The number of hydrogen-bond acceptors (Lipinski definition) is 2. The van der Waals surface area contributed by atoms with Gasteiger partial charge < -0.3 is 9.47 Å². The maximum absolute atomic E-state index is 6.68. The summed E-state index contributed by atoms with van der Waals surface area (Å²) in [6, 6.07) is 26.3. The maximum Gasteiger partial charge on any atom is 0.129 e. The smallest absolute Gasteiger partial charge is 0.129 e. The summed E-state index contributed by atoms with van der Waals surface area (Å²) >= 11 is 0. The zero-order valence-electron chi connectivity index (χ0n) is 70.9. The number of benzene rings is 5. The fourth-order valence-electron chi connectivity index (χ4n) is 17.9. The summed E-state index contributed by atoms with van der Waals surface area (Å²) in [5.41, 5.74) is 32.1. The minimum atomic E-state index is -0.298. The molecule has 0 N–H and O–H groups in total. The van der Waals surface area contributed by atoms with Crippen molar-refractivity contribution in [2.24, 2.45) is 17.8 Å². The Morgan fingerprint density at radius 1 is 0.422 bits per heavy atom. The van der Waals surface area contributed by atoms with Gasteiger partial charge in [-0.1, -0.05) is 275 Å². The lowest BCUT2D eigenvalue weighted by Gasteiger charge is -2.48. The first-order chi connectivity index (χ1) is 47.6. The Kier molecular flexibility index (Phi) is 28.5. The summed E-state index contributed by atoms with van der Waals surface area (Å²) in [4.78, 5) is 0. The molecule has 560 valence electrons. The van der Waals surface area contributed by atoms with Gasteiger partial charge in [0.1, 0.15) is 22.7 Å². The SMILES string of the molecule is C=C(C)[C@@H]1CCC(C)=C[C@H]1c1c(C)cc(CCC)cc1C(C)(C)C.C=C(C)[C@@H]1CCC(C)=C[C@H]1c1c(C)cc(CCCCC)cc1C(C)(C)C.CCCCCc1cc2c(c(C(C)(C)C)c1)-c1cc(C)ccc1C(C)(C)O2.CCCCCc1cc2c(c(C(C)(C)C)c1)[C@@H]1C=C(C)CC[C@H]1C(C)(C)O2. The van der Waals surface area contributed by atoms with Gasteiger partial charge in [0.15, 0.2) is 0 Å². The van der Waals surface area contributed by atoms with Crippen molar-refractivity contribution < 1.29 is 9.47 Å². The number of hydrogen-bond donors (Lipinski definition) is 0. The molecule has 0 saturated carbocycles. The molecule has 2 heterocycles. The lowest BCUT2D eigenvalue weighted by Crippen LogP contribution is -2.46. The van der Waals surface area contributed by atoms with Crippen LogP contribution in [0.4, 0.5) is 0 Å². The number of aryl methyl sites for hydroxylation is 7. The van der Waals surface area contributed by atoms with Crippen molar-refractivity contribution >= 4 is 0 Å². The number of ether oxygens (including phenoxy) is 2. The Bertz CT molecular complexity index is 3790. The van der Waals surface area contributed by atoms with Crippen LogP contribution in [0.1, 0.15) is 377 Å². The van der Waals surface area contributed by atoms with E-state index in [4.69, 9.17) is 9.47 Å². The molecule has 0 bridgehead atoms. The molecule has 5 aromatic carbocycles. The topological polar surface area (TPSA) is 18.5 Å². The van der Waals surface area contributed by atoms with Crippen LogP contribution in [0.25, 0.3) is 11.1 Å². The third-order valence-corrected chi connectivity index (χ3v) is 23.5. The van der Waals surface area contributed by atoms with Crippen molar-refractivity contribution in [1.82, 2.24) is 0 Å². The molecule has 5 aromatic rings. The van der Waals surface area contributed by atoms with Gasteiger partial charge in [-0.15, -0.1) is 0 Å². The van der Waals surface area contributed by atoms with Crippen molar-refractivity contribution in [3.05, 3.63) is 209 Å². The summed E-state index contributed by atoms with van der Waals surface area (Å²) in [5.74, 6) is 5.41. The normalized spacial score (nSPS) is 20.5. The molecular weight excluding hydrogens is 1230 g/mol. The molecule has 0 saturated heterocycles. The fraction of sp³-hybridized carbons (Fsp3) is 0.600. The molecule has 0 unspecified atom stereocenters. The van der Waals surface area contributed by atoms with E-state index in [2.05, 4.69) is 292 Å². The number of allylic oxidation sites excluding steroid dienone is 8. The standard InChI is InChI=1S/C26H40.C25H38O.C25H34O.C24H36/c1-9-10-11-12-21-16-20(5)25(24(17-21)26(6,7)8)23-15-19(4)13-14-22(23)18(2)3;2*1-8-9-10-11-18-15-21(24(3,4)5)23-19-14-17(2)12-13-20(19)25(6,7)26-22(23)16-18;1-9-10-19-14-18(5)23(22(15-19)24(6,7)8)21-13-17(4)11-12-20(21)16(2)3/h15-17,22-23H,2,9-14H2,1,3-8H3;14-16,19-20H,8-13H2,1-7H3;12-16H,8-11H2,1-7H3;13-15,20-21H,2,9-12H2,1,3-8H3/t22-,23+;19-,20-;;20-,21+/m01.0/s1. The van der Waals surface area contributed by atoms with E-state index in [0.717, 1.165) is 24.3 Å². The molecule has 0 radical (unpaired) electrons. The quantitative estimate of drug-likeness (QED) is 0.0643. The van der Waals surface area contributed by atoms with E-state index in [1.807, 2.05) is 0 Å². The van der Waals surface area contributed by atoms with Crippen LogP contribution in [0.15, 0.2) is 126 Å². The molecule has 6 atom stereocenters. The molecular formula is C100H148O2. The van der Waals surface area contributed by atoms with Crippen LogP contribution < -0.4 is 9.47 Å². The lowest BCUT2D eigenvalue weighted by atomic mass is 9.65. The zero-order valence-corrected chi connectivity index (χ0v) is 70.9. The molecule has 5 aliphatic rings. The Balaban J connectivity index is 0.000000191. The molecule has 0 amide bonds. The predicted octanol–water partition coefficient (Wildman–Crippen LogP) is 29.9. The highest BCUT2D eigenvalue weighted by Crippen LogP contribution is 2.55. The van der Waals surface area contributed by atoms with E-state index >= 15 is 0 Å². The largest absolute Gasteiger partial charge is 0.487 e. The minimum Gasteiger partial charge on any atom is -0.487 e. The van der Waals surface area contributed by atoms with Crippen LogP contribution in [-0.2, 0) is 52.9 Å². The second-order valence-corrected chi connectivity index (χ2v) is 38.1. The molecule has 102 heavy (non-hydrogen) atoms. The number of fused-ring (bicyclic) bond motifs is 6. The second kappa shape index (κ2) is 34.8. The summed E-state index contributed by atoms with van der Waals surface area (Å²) < 4.78 is 13.2.